The number of pyridine rings is 1. The van der Waals surface area contributed by atoms with Gasteiger partial charge in [-0.25, -0.2) is 4.98 Å². The molecule has 1 aliphatic rings. The number of carbonyl (C=O) groups is 1. The number of carboxylic acids is 1. The zero-order valence-electron chi connectivity index (χ0n) is 10.7. The second-order valence-corrected chi connectivity index (χ2v) is 4.79. The number of nitrogens with zero attached hydrogens (tertiary/aromatic N) is 3. The molecule has 0 aromatic carbocycles. The molecule has 1 unspecified atom stereocenters. The lowest BCUT2D eigenvalue weighted by Crippen LogP contribution is -2.40. The Kier molecular flexibility index (Phi) is 4.35. The molecule has 5 heteroatoms. The standard InChI is InChI=1S/C14H17N3O2/c15-9-11-4-6-13(16-10-11)17-8-2-1-3-12(17)5-7-14(18)19/h4,6,10,12H,1-3,5,7-8H2,(H,18,19). The summed E-state index contributed by atoms with van der Waals surface area (Å²) in [6, 6.07) is 5.89. The van der Waals surface area contributed by atoms with Gasteiger partial charge in [0.05, 0.1) is 5.56 Å². The smallest absolute Gasteiger partial charge is 0.303 e. The van der Waals surface area contributed by atoms with Crippen LogP contribution in [0.4, 0.5) is 5.82 Å². The van der Waals surface area contributed by atoms with E-state index >= 15 is 0 Å². The van der Waals surface area contributed by atoms with E-state index in [1.807, 2.05) is 12.1 Å². The first kappa shape index (κ1) is 13.3. The van der Waals surface area contributed by atoms with Crippen molar-refractivity contribution < 1.29 is 9.90 Å². The van der Waals surface area contributed by atoms with Crippen LogP contribution >= 0.6 is 0 Å². The first-order valence-corrected chi connectivity index (χ1v) is 6.55. The SMILES string of the molecule is N#Cc1ccc(N2CCCCC2CCC(=O)O)nc1. The van der Waals surface area contributed by atoms with E-state index in [2.05, 4.69) is 9.88 Å². The minimum atomic E-state index is -0.752. The number of hydrogen-bond donors (Lipinski definition) is 1. The minimum Gasteiger partial charge on any atom is -0.481 e. The number of aromatic nitrogens is 1. The van der Waals surface area contributed by atoms with E-state index < -0.39 is 5.97 Å². The van der Waals surface area contributed by atoms with Gasteiger partial charge in [0.2, 0.25) is 0 Å². The van der Waals surface area contributed by atoms with Gasteiger partial charge in [0, 0.05) is 25.2 Å². The van der Waals surface area contributed by atoms with E-state index in [0.717, 1.165) is 31.6 Å². The molecule has 2 heterocycles. The molecule has 100 valence electrons. The van der Waals surface area contributed by atoms with E-state index in [0.29, 0.717) is 12.0 Å². The molecule has 0 bridgehead atoms. The van der Waals surface area contributed by atoms with Gasteiger partial charge in [0.15, 0.2) is 0 Å². The lowest BCUT2D eigenvalue weighted by molar-refractivity contribution is -0.137. The van der Waals surface area contributed by atoms with E-state index in [9.17, 15) is 4.79 Å². The van der Waals surface area contributed by atoms with Crippen LogP contribution in [0.25, 0.3) is 0 Å². The predicted molar refractivity (Wildman–Crippen MR) is 70.8 cm³/mol. The molecule has 1 aliphatic heterocycles. The summed E-state index contributed by atoms with van der Waals surface area (Å²) < 4.78 is 0. The van der Waals surface area contributed by atoms with Gasteiger partial charge in [-0.05, 0) is 37.8 Å². The van der Waals surface area contributed by atoms with Crippen molar-refractivity contribution in [1.82, 2.24) is 4.98 Å². The lowest BCUT2D eigenvalue weighted by atomic mass is 9.98. The van der Waals surface area contributed by atoms with E-state index in [-0.39, 0.29) is 12.5 Å². The quantitative estimate of drug-likeness (QED) is 0.896. The van der Waals surface area contributed by atoms with Gasteiger partial charge in [0.25, 0.3) is 0 Å². The molecule has 5 nitrogen and oxygen atoms in total. The average Bonchev–Trinajstić information content (AvgIpc) is 2.45. The van der Waals surface area contributed by atoms with Gasteiger partial charge in [-0.3, -0.25) is 4.79 Å². The van der Waals surface area contributed by atoms with Crippen LogP contribution in [-0.2, 0) is 4.79 Å². The van der Waals surface area contributed by atoms with Crippen LogP contribution in [0.1, 0.15) is 37.7 Å². The highest BCUT2D eigenvalue weighted by Gasteiger charge is 2.23. The lowest BCUT2D eigenvalue weighted by Gasteiger charge is -2.36. The number of anilines is 1. The molecule has 1 saturated heterocycles. The summed E-state index contributed by atoms with van der Waals surface area (Å²) in [5.41, 5.74) is 0.544. The molecular weight excluding hydrogens is 242 g/mol. The van der Waals surface area contributed by atoms with Crippen LogP contribution in [0.2, 0.25) is 0 Å². The van der Waals surface area contributed by atoms with Gasteiger partial charge >= 0.3 is 5.97 Å². The summed E-state index contributed by atoms with van der Waals surface area (Å²) in [7, 11) is 0. The van der Waals surface area contributed by atoms with Crippen molar-refractivity contribution in [3.05, 3.63) is 23.9 Å². The highest BCUT2D eigenvalue weighted by Crippen LogP contribution is 2.25. The highest BCUT2D eigenvalue weighted by atomic mass is 16.4. The average molecular weight is 259 g/mol. The molecule has 0 spiro atoms. The fraction of sp³-hybridized carbons (Fsp3) is 0.500. The molecule has 0 radical (unpaired) electrons. The normalized spacial score (nSPS) is 18.9. The van der Waals surface area contributed by atoms with Crippen LogP contribution in [0.3, 0.4) is 0 Å². The Morgan fingerprint density at radius 1 is 1.53 bits per heavy atom. The summed E-state index contributed by atoms with van der Waals surface area (Å²) in [5, 5.41) is 17.6. The maximum Gasteiger partial charge on any atom is 0.303 e. The Balaban J connectivity index is 2.09. The number of rotatable bonds is 4. The van der Waals surface area contributed by atoms with Crippen molar-refractivity contribution in [2.75, 3.05) is 11.4 Å². The Morgan fingerprint density at radius 3 is 3.00 bits per heavy atom. The van der Waals surface area contributed by atoms with Gasteiger partial charge in [-0.15, -0.1) is 0 Å². The summed E-state index contributed by atoms with van der Waals surface area (Å²) in [6.07, 6.45) is 5.66. The molecule has 1 fully saturated rings. The van der Waals surface area contributed by atoms with Crippen molar-refractivity contribution in [3.8, 4) is 6.07 Å². The number of piperidine rings is 1. The van der Waals surface area contributed by atoms with Gasteiger partial charge in [-0.2, -0.15) is 5.26 Å². The maximum absolute atomic E-state index is 10.7. The minimum absolute atomic E-state index is 0.192. The summed E-state index contributed by atoms with van der Waals surface area (Å²) in [5.74, 6) is 0.0902. The van der Waals surface area contributed by atoms with Crippen molar-refractivity contribution in [3.63, 3.8) is 0 Å². The zero-order valence-corrected chi connectivity index (χ0v) is 10.7. The molecule has 2 rings (SSSR count). The number of nitriles is 1. The first-order chi connectivity index (χ1) is 9.20. The van der Waals surface area contributed by atoms with Crippen molar-refractivity contribution >= 4 is 11.8 Å². The third-order valence-electron chi connectivity index (χ3n) is 3.49. The van der Waals surface area contributed by atoms with E-state index in [4.69, 9.17) is 10.4 Å². The fourth-order valence-corrected chi connectivity index (χ4v) is 2.51. The highest BCUT2D eigenvalue weighted by molar-refractivity contribution is 5.66. The van der Waals surface area contributed by atoms with Crippen LogP contribution in [0.5, 0.6) is 0 Å². The Morgan fingerprint density at radius 2 is 2.37 bits per heavy atom. The first-order valence-electron chi connectivity index (χ1n) is 6.55. The van der Waals surface area contributed by atoms with Gasteiger partial charge in [-0.1, -0.05) is 0 Å². The second-order valence-electron chi connectivity index (χ2n) is 4.79. The van der Waals surface area contributed by atoms with Gasteiger partial charge in [0.1, 0.15) is 11.9 Å². The van der Waals surface area contributed by atoms with E-state index in [1.165, 1.54) is 0 Å². The number of carboxylic acid groups (broad SMARTS) is 1. The molecule has 1 aromatic heterocycles. The molecule has 1 N–H and O–H groups in total. The van der Waals surface area contributed by atoms with Crippen LogP contribution in [0, 0.1) is 11.3 Å². The maximum atomic E-state index is 10.7. The van der Waals surface area contributed by atoms with Crippen molar-refractivity contribution in [1.29, 1.82) is 5.26 Å². The number of hydrogen-bond acceptors (Lipinski definition) is 4. The van der Waals surface area contributed by atoms with Crippen LogP contribution in [-0.4, -0.2) is 28.6 Å². The molecule has 0 aliphatic carbocycles. The third kappa shape index (κ3) is 3.44. The van der Waals surface area contributed by atoms with Crippen LogP contribution in [0.15, 0.2) is 18.3 Å². The summed E-state index contributed by atoms with van der Waals surface area (Å²) in [4.78, 5) is 17.2. The Hall–Kier alpha value is -2.09. The summed E-state index contributed by atoms with van der Waals surface area (Å²) >= 11 is 0. The Labute approximate surface area is 112 Å². The fourth-order valence-electron chi connectivity index (χ4n) is 2.51. The molecular formula is C14H17N3O2. The van der Waals surface area contributed by atoms with Crippen molar-refractivity contribution in [2.45, 2.75) is 38.1 Å². The topological polar surface area (TPSA) is 77.2 Å². The van der Waals surface area contributed by atoms with Crippen LogP contribution < -0.4 is 4.90 Å². The zero-order chi connectivity index (χ0) is 13.7. The molecule has 19 heavy (non-hydrogen) atoms. The molecule has 0 amide bonds. The molecule has 0 saturated carbocycles. The largest absolute Gasteiger partial charge is 0.481 e. The predicted octanol–water partition coefficient (Wildman–Crippen LogP) is 2.18. The Bertz CT molecular complexity index is 478. The monoisotopic (exact) mass is 259 g/mol. The number of aliphatic carboxylic acids is 1. The second kappa shape index (κ2) is 6.19. The van der Waals surface area contributed by atoms with E-state index in [1.54, 1.807) is 12.3 Å². The van der Waals surface area contributed by atoms with Gasteiger partial charge < -0.3 is 10.0 Å². The third-order valence-corrected chi connectivity index (χ3v) is 3.49. The molecule has 1 atom stereocenters. The van der Waals surface area contributed by atoms with Crippen molar-refractivity contribution in [2.24, 2.45) is 0 Å². The molecule has 1 aromatic rings. The summed E-state index contributed by atoms with van der Waals surface area (Å²) in [6.45, 7) is 0.906.